The number of hydrogen-bond acceptors (Lipinski definition) is 2. The SMILES string of the molecule is C[C@H](NC(=O)[C@@](C)(Cc1c[nH]c2ccccc12)NCc1ccc[nH]1)c1ccccc1. The quantitative estimate of drug-likeness (QED) is 0.352. The van der Waals surface area contributed by atoms with E-state index in [1.165, 1.54) is 0 Å². The fourth-order valence-electron chi connectivity index (χ4n) is 3.83. The fraction of sp³-hybridized carbons (Fsp3) is 0.240. The van der Waals surface area contributed by atoms with E-state index in [1.54, 1.807) is 0 Å². The second-order valence-electron chi connectivity index (χ2n) is 8.02. The molecule has 0 aliphatic carbocycles. The van der Waals surface area contributed by atoms with Gasteiger partial charge in [-0.1, -0.05) is 48.5 Å². The Morgan fingerprint density at radius 1 is 1.00 bits per heavy atom. The third-order valence-electron chi connectivity index (χ3n) is 5.70. The van der Waals surface area contributed by atoms with Gasteiger partial charge in [0.05, 0.1) is 11.6 Å². The summed E-state index contributed by atoms with van der Waals surface area (Å²) in [6.45, 7) is 4.58. The lowest BCUT2D eigenvalue weighted by Gasteiger charge is -2.31. The maximum absolute atomic E-state index is 13.5. The van der Waals surface area contributed by atoms with Crippen LogP contribution in [0.4, 0.5) is 0 Å². The third kappa shape index (κ3) is 4.31. The molecular formula is C25H28N4O. The minimum absolute atomic E-state index is 0.0179. The predicted molar refractivity (Wildman–Crippen MR) is 121 cm³/mol. The number of carbonyl (C=O) groups excluding carboxylic acids is 1. The molecule has 5 heteroatoms. The first-order chi connectivity index (χ1) is 14.5. The largest absolute Gasteiger partial charge is 0.364 e. The van der Waals surface area contributed by atoms with E-state index in [4.69, 9.17) is 0 Å². The van der Waals surface area contributed by atoms with Crippen molar-refractivity contribution < 1.29 is 4.79 Å². The van der Waals surface area contributed by atoms with Crippen LogP contribution in [0, 0.1) is 0 Å². The summed E-state index contributed by atoms with van der Waals surface area (Å²) in [5.41, 5.74) is 3.56. The van der Waals surface area contributed by atoms with Crippen molar-refractivity contribution in [2.24, 2.45) is 0 Å². The van der Waals surface area contributed by atoms with E-state index in [2.05, 4.69) is 32.7 Å². The molecule has 0 saturated heterocycles. The molecule has 4 rings (SSSR count). The first-order valence-corrected chi connectivity index (χ1v) is 10.3. The highest BCUT2D eigenvalue weighted by molar-refractivity contribution is 5.89. The zero-order valence-corrected chi connectivity index (χ0v) is 17.4. The van der Waals surface area contributed by atoms with Crippen LogP contribution in [-0.4, -0.2) is 21.4 Å². The Bertz CT molecular complexity index is 1100. The Morgan fingerprint density at radius 2 is 1.77 bits per heavy atom. The smallest absolute Gasteiger partial charge is 0.240 e. The van der Waals surface area contributed by atoms with Gasteiger partial charge in [0.15, 0.2) is 0 Å². The summed E-state index contributed by atoms with van der Waals surface area (Å²) < 4.78 is 0. The number of fused-ring (bicyclic) bond motifs is 1. The van der Waals surface area contributed by atoms with Crippen LogP contribution in [0.2, 0.25) is 0 Å². The molecule has 0 unspecified atom stereocenters. The summed E-state index contributed by atoms with van der Waals surface area (Å²) in [4.78, 5) is 20.0. The minimum atomic E-state index is -0.779. The highest BCUT2D eigenvalue weighted by Gasteiger charge is 2.34. The predicted octanol–water partition coefficient (Wildman–Crippen LogP) is 4.46. The van der Waals surface area contributed by atoms with Crippen LogP contribution in [0.1, 0.15) is 36.7 Å². The van der Waals surface area contributed by atoms with E-state index < -0.39 is 5.54 Å². The van der Waals surface area contributed by atoms with Crippen LogP contribution in [0.25, 0.3) is 10.9 Å². The normalized spacial score (nSPS) is 14.3. The van der Waals surface area contributed by atoms with E-state index in [0.717, 1.165) is 27.7 Å². The number of aromatic amines is 2. The fourth-order valence-corrected chi connectivity index (χ4v) is 3.83. The van der Waals surface area contributed by atoms with Crippen molar-refractivity contribution >= 4 is 16.8 Å². The number of benzene rings is 2. The summed E-state index contributed by atoms with van der Waals surface area (Å²) in [6, 6.07) is 22.1. The second kappa shape index (κ2) is 8.59. The van der Waals surface area contributed by atoms with Gasteiger partial charge in [-0.3, -0.25) is 10.1 Å². The standard InChI is InChI=1S/C25H28N4O/c1-18(19-9-4-3-5-10-19)29-24(30)25(2,28-17-21-11-8-14-26-21)15-20-16-27-23-13-7-6-12-22(20)23/h3-14,16,18,26-28H,15,17H2,1-2H3,(H,29,30)/t18-,25+/m0/s1. The number of amides is 1. The molecule has 2 atom stereocenters. The summed E-state index contributed by atoms with van der Waals surface area (Å²) in [5, 5.41) is 7.85. The molecule has 4 aromatic rings. The molecule has 1 amide bonds. The van der Waals surface area contributed by atoms with Gasteiger partial charge in [-0.05, 0) is 43.2 Å². The van der Waals surface area contributed by atoms with Crippen molar-refractivity contribution in [2.75, 3.05) is 0 Å². The lowest BCUT2D eigenvalue weighted by molar-refractivity contribution is -0.127. The topological polar surface area (TPSA) is 72.7 Å². The van der Waals surface area contributed by atoms with E-state index in [9.17, 15) is 4.79 Å². The Labute approximate surface area is 176 Å². The molecule has 0 spiro atoms. The second-order valence-corrected chi connectivity index (χ2v) is 8.02. The van der Waals surface area contributed by atoms with Gasteiger partial charge in [0.2, 0.25) is 5.91 Å². The number of para-hydroxylation sites is 1. The van der Waals surface area contributed by atoms with Crippen LogP contribution < -0.4 is 10.6 Å². The molecule has 154 valence electrons. The number of H-pyrrole nitrogens is 2. The van der Waals surface area contributed by atoms with Gasteiger partial charge in [-0.15, -0.1) is 0 Å². The van der Waals surface area contributed by atoms with Crippen molar-refractivity contribution in [1.29, 1.82) is 0 Å². The lowest BCUT2D eigenvalue weighted by Crippen LogP contribution is -2.56. The average Bonchev–Trinajstić information content (AvgIpc) is 3.43. The van der Waals surface area contributed by atoms with E-state index in [1.807, 2.05) is 80.8 Å². The van der Waals surface area contributed by atoms with Crippen molar-refractivity contribution in [3.05, 3.63) is 95.9 Å². The Balaban J connectivity index is 1.58. The summed E-state index contributed by atoms with van der Waals surface area (Å²) in [5.74, 6) is -0.0179. The van der Waals surface area contributed by atoms with Crippen molar-refractivity contribution in [3.8, 4) is 0 Å². The molecule has 2 heterocycles. The third-order valence-corrected chi connectivity index (χ3v) is 5.70. The van der Waals surface area contributed by atoms with Crippen LogP contribution in [-0.2, 0) is 17.8 Å². The highest BCUT2D eigenvalue weighted by atomic mass is 16.2. The zero-order chi connectivity index (χ0) is 21.0. The van der Waals surface area contributed by atoms with Crippen molar-refractivity contribution in [3.63, 3.8) is 0 Å². The van der Waals surface area contributed by atoms with Gasteiger partial charge in [0.25, 0.3) is 0 Å². The van der Waals surface area contributed by atoms with Gasteiger partial charge < -0.3 is 15.3 Å². The molecule has 4 N–H and O–H groups in total. The van der Waals surface area contributed by atoms with Gasteiger partial charge in [-0.2, -0.15) is 0 Å². The molecule has 0 fully saturated rings. The van der Waals surface area contributed by atoms with Crippen molar-refractivity contribution in [2.45, 2.75) is 38.4 Å². The molecule has 30 heavy (non-hydrogen) atoms. The highest BCUT2D eigenvalue weighted by Crippen LogP contribution is 2.24. The first kappa shape index (κ1) is 20.0. The molecule has 0 aliphatic rings. The summed E-state index contributed by atoms with van der Waals surface area (Å²) in [6.07, 6.45) is 4.48. The van der Waals surface area contributed by atoms with Crippen LogP contribution in [0.5, 0.6) is 0 Å². The van der Waals surface area contributed by atoms with Crippen LogP contribution in [0.15, 0.2) is 79.1 Å². The Morgan fingerprint density at radius 3 is 2.53 bits per heavy atom. The Hall–Kier alpha value is -3.31. The number of nitrogens with one attached hydrogen (secondary N) is 4. The lowest BCUT2D eigenvalue weighted by atomic mass is 9.90. The molecule has 0 radical (unpaired) electrons. The van der Waals surface area contributed by atoms with Gasteiger partial charge in [-0.25, -0.2) is 0 Å². The molecule has 0 saturated carbocycles. The van der Waals surface area contributed by atoms with E-state index >= 15 is 0 Å². The maximum atomic E-state index is 13.5. The molecule has 2 aromatic heterocycles. The zero-order valence-electron chi connectivity index (χ0n) is 17.4. The minimum Gasteiger partial charge on any atom is -0.364 e. The molecular weight excluding hydrogens is 372 g/mol. The summed E-state index contributed by atoms with van der Waals surface area (Å²) >= 11 is 0. The molecule has 0 bridgehead atoms. The van der Waals surface area contributed by atoms with Crippen molar-refractivity contribution in [1.82, 2.24) is 20.6 Å². The molecule has 5 nitrogen and oxygen atoms in total. The van der Waals surface area contributed by atoms with Gasteiger partial charge >= 0.3 is 0 Å². The van der Waals surface area contributed by atoms with Gasteiger partial charge in [0.1, 0.15) is 0 Å². The molecule has 0 aliphatic heterocycles. The first-order valence-electron chi connectivity index (χ1n) is 10.3. The number of rotatable bonds is 8. The maximum Gasteiger partial charge on any atom is 0.240 e. The number of aromatic nitrogens is 2. The van der Waals surface area contributed by atoms with Crippen LogP contribution >= 0.6 is 0 Å². The molecule has 2 aromatic carbocycles. The van der Waals surface area contributed by atoms with E-state index in [0.29, 0.717) is 13.0 Å². The number of hydrogen-bond donors (Lipinski definition) is 4. The number of carbonyl (C=O) groups is 1. The van der Waals surface area contributed by atoms with Gasteiger partial charge in [0, 0.05) is 42.0 Å². The summed E-state index contributed by atoms with van der Waals surface area (Å²) in [7, 11) is 0. The monoisotopic (exact) mass is 400 g/mol. The van der Waals surface area contributed by atoms with Crippen LogP contribution in [0.3, 0.4) is 0 Å². The Kier molecular flexibility index (Phi) is 5.72. The van der Waals surface area contributed by atoms with E-state index in [-0.39, 0.29) is 11.9 Å². The average molecular weight is 401 g/mol.